The van der Waals surface area contributed by atoms with E-state index in [0.29, 0.717) is 25.4 Å². The minimum Gasteiger partial charge on any atom is -0.463 e. The number of benzene rings is 1. The van der Waals surface area contributed by atoms with Gasteiger partial charge in [0.1, 0.15) is 6.61 Å². The van der Waals surface area contributed by atoms with Crippen LogP contribution in [0.4, 0.5) is 5.69 Å². The van der Waals surface area contributed by atoms with Crippen molar-refractivity contribution < 1.29 is 27.5 Å². The molecular formula is C18H25N3O6S2. The molecule has 11 heteroatoms. The number of hydrogen-bond acceptors (Lipinski definition) is 7. The summed E-state index contributed by atoms with van der Waals surface area (Å²) in [4.78, 5) is 23.5. The van der Waals surface area contributed by atoms with E-state index in [0.717, 1.165) is 12.8 Å². The lowest BCUT2D eigenvalue weighted by Gasteiger charge is -2.16. The number of nitrogens with zero attached hydrogens (tertiary/aromatic N) is 1. The zero-order chi connectivity index (χ0) is 21.3. The molecule has 0 saturated carbocycles. The average molecular weight is 444 g/mol. The number of nitrogens with one attached hydrogen (secondary N) is 2. The maximum absolute atomic E-state index is 12.5. The monoisotopic (exact) mass is 443 g/mol. The Morgan fingerprint density at radius 1 is 1.10 bits per heavy atom. The second-order valence-corrected chi connectivity index (χ2v) is 8.70. The zero-order valence-electron chi connectivity index (χ0n) is 16.2. The van der Waals surface area contributed by atoms with Gasteiger partial charge < -0.3 is 20.1 Å². The molecule has 1 aromatic carbocycles. The van der Waals surface area contributed by atoms with Gasteiger partial charge >= 0.3 is 5.97 Å². The van der Waals surface area contributed by atoms with E-state index in [4.69, 9.17) is 21.7 Å². The van der Waals surface area contributed by atoms with E-state index in [-0.39, 0.29) is 29.5 Å². The summed E-state index contributed by atoms with van der Waals surface area (Å²) < 4.78 is 36.1. The van der Waals surface area contributed by atoms with Crippen LogP contribution >= 0.6 is 12.2 Å². The number of ether oxygens (including phenoxy) is 2. The highest BCUT2D eigenvalue weighted by Gasteiger charge is 2.26. The lowest BCUT2D eigenvalue weighted by molar-refractivity contribution is -0.146. The van der Waals surface area contributed by atoms with Crippen molar-refractivity contribution in [2.24, 2.45) is 0 Å². The molecule has 0 aromatic heterocycles. The fraction of sp³-hybridized carbons (Fsp3) is 0.500. The molecule has 0 bridgehead atoms. The van der Waals surface area contributed by atoms with E-state index in [1.165, 1.54) is 23.5 Å². The Balaban J connectivity index is 1.78. The summed E-state index contributed by atoms with van der Waals surface area (Å²) in [5.74, 6) is -0.926. The number of carbonyl (C=O) groups is 2. The van der Waals surface area contributed by atoms with E-state index in [2.05, 4.69) is 10.6 Å². The van der Waals surface area contributed by atoms with Gasteiger partial charge in [0.2, 0.25) is 15.9 Å². The number of sulfonamides is 1. The summed E-state index contributed by atoms with van der Waals surface area (Å²) >= 11 is 5.07. The molecule has 0 radical (unpaired) electrons. The van der Waals surface area contributed by atoms with Gasteiger partial charge in [-0.1, -0.05) is 0 Å². The Labute approximate surface area is 175 Å². The van der Waals surface area contributed by atoms with Gasteiger partial charge in [-0.3, -0.25) is 9.59 Å². The fourth-order valence-electron chi connectivity index (χ4n) is 2.67. The molecule has 2 N–H and O–H groups in total. The smallest absolute Gasteiger partial charge is 0.306 e. The van der Waals surface area contributed by atoms with Gasteiger partial charge in [0.15, 0.2) is 5.11 Å². The third-order valence-electron chi connectivity index (χ3n) is 4.17. The van der Waals surface area contributed by atoms with E-state index < -0.39 is 21.9 Å². The first kappa shape index (κ1) is 23.2. The van der Waals surface area contributed by atoms with Crippen LogP contribution in [0.15, 0.2) is 29.2 Å². The van der Waals surface area contributed by atoms with Crippen LogP contribution in [-0.4, -0.2) is 63.1 Å². The molecule has 0 aliphatic carbocycles. The van der Waals surface area contributed by atoms with Crippen molar-refractivity contribution in [3.8, 4) is 0 Å². The zero-order valence-corrected chi connectivity index (χ0v) is 17.8. The minimum absolute atomic E-state index is 0.0536. The lowest BCUT2D eigenvalue weighted by atomic mass is 10.3. The Morgan fingerprint density at radius 2 is 1.76 bits per heavy atom. The third-order valence-corrected chi connectivity index (χ3v) is 6.29. The Morgan fingerprint density at radius 3 is 2.38 bits per heavy atom. The van der Waals surface area contributed by atoms with Crippen molar-refractivity contribution in [1.82, 2.24) is 9.62 Å². The molecule has 1 amide bonds. The Hall–Kier alpha value is -2.08. The van der Waals surface area contributed by atoms with Gasteiger partial charge in [0, 0.05) is 32.3 Å². The maximum Gasteiger partial charge on any atom is 0.306 e. The summed E-state index contributed by atoms with van der Waals surface area (Å²) in [5.41, 5.74) is 0.537. The number of methoxy groups -OCH3 is 1. The molecule has 9 nitrogen and oxygen atoms in total. The first-order valence-corrected chi connectivity index (χ1v) is 11.0. The predicted octanol–water partition coefficient (Wildman–Crippen LogP) is 1.25. The maximum atomic E-state index is 12.5. The summed E-state index contributed by atoms with van der Waals surface area (Å²) in [6.07, 6.45) is 1.61. The SMILES string of the molecule is COCCOC(=O)CCC(=O)NC(=S)Nc1ccc(S(=O)(=O)N2CCCC2)cc1. The number of thiocarbonyl (C=S) groups is 1. The molecule has 2 rings (SSSR count). The van der Waals surface area contributed by atoms with Crippen LogP contribution in [0.1, 0.15) is 25.7 Å². The largest absolute Gasteiger partial charge is 0.463 e. The molecule has 29 heavy (non-hydrogen) atoms. The molecule has 1 aromatic rings. The van der Waals surface area contributed by atoms with Gasteiger partial charge in [-0.2, -0.15) is 4.31 Å². The normalized spacial score (nSPS) is 14.4. The van der Waals surface area contributed by atoms with E-state index in [9.17, 15) is 18.0 Å². The first-order chi connectivity index (χ1) is 13.8. The average Bonchev–Trinajstić information content (AvgIpc) is 3.23. The van der Waals surface area contributed by atoms with Crippen molar-refractivity contribution in [2.45, 2.75) is 30.6 Å². The first-order valence-electron chi connectivity index (χ1n) is 9.18. The van der Waals surface area contributed by atoms with Crippen molar-refractivity contribution in [1.29, 1.82) is 0 Å². The van der Waals surface area contributed by atoms with E-state index in [1.54, 1.807) is 12.1 Å². The molecule has 0 spiro atoms. The van der Waals surface area contributed by atoms with Crippen LogP contribution in [0.5, 0.6) is 0 Å². The number of anilines is 1. The van der Waals surface area contributed by atoms with Crippen molar-refractivity contribution >= 4 is 44.9 Å². The molecule has 1 aliphatic heterocycles. The van der Waals surface area contributed by atoms with Crippen LogP contribution in [-0.2, 0) is 29.1 Å². The van der Waals surface area contributed by atoms with Crippen LogP contribution in [0.2, 0.25) is 0 Å². The summed E-state index contributed by atoms with van der Waals surface area (Å²) in [6, 6.07) is 6.15. The van der Waals surface area contributed by atoms with Crippen LogP contribution in [0, 0.1) is 0 Å². The molecule has 1 heterocycles. The molecule has 1 saturated heterocycles. The summed E-state index contributed by atoms with van der Waals surface area (Å²) in [6.45, 7) is 1.52. The highest BCUT2D eigenvalue weighted by atomic mass is 32.2. The van der Waals surface area contributed by atoms with Gasteiger partial charge in [0.05, 0.1) is 17.9 Å². The Kier molecular flexibility index (Phi) is 8.96. The molecule has 0 atom stereocenters. The quantitative estimate of drug-likeness (QED) is 0.333. The predicted molar refractivity (Wildman–Crippen MR) is 111 cm³/mol. The molecular weight excluding hydrogens is 418 g/mol. The van der Waals surface area contributed by atoms with Crippen molar-refractivity contribution in [2.75, 3.05) is 38.7 Å². The van der Waals surface area contributed by atoms with Gasteiger partial charge in [-0.15, -0.1) is 0 Å². The molecule has 160 valence electrons. The lowest BCUT2D eigenvalue weighted by Crippen LogP contribution is -2.34. The second kappa shape index (κ2) is 11.2. The number of hydrogen-bond donors (Lipinski definition) is 2. The van der Waals surface area contributed by atoms with Gasteiger partial charge in [-0.25, -0.2) is 8.42 Å². The van der Waals surface area contributed by atoms with Gasteiger partial charge in [-0.05, 0) is 49.3 Å². The van der Waals surface area contributed by atoms with Crippen molar-refractivity contribution in [3.63, 3.8) is 0 Å². The number of carbonyl (C=O) groups excluding carboxylic acids is 2. The van der Waals surface area contributed by atoms with Crippen LogP contribution < -0.4 is 10.6 Å². The molecule has 1 fully saturated rings. The van der Waals surface area contributed by atoms with E-state index >= 15 is 0 Å². The van der Waals surface area contributed by atoms with Crippen molar-refractivity contribution in [3.05, 3.63) is 24.3 Å². The standard InChI is InChI=1S/C18H25N3O6S2/c1-26-12-13-27-17(23)9-8-16(22)20-18(28)19-14-4-6-15(7-5-14)29(24,25)21-10-2-3-11-21/h4-7H,2-3,8-13H2,1H3,(H2,19,20,22,28). The number of rotatable bonds is 9. The van der Waals surface area contributed by atoms with Gasteiger partial charge in [0.25, 0.3) is 0 Å². The van der Waals surface area contributed by atoms with E-state index in [1.807, 2.05) is 0 Å². The van der Waals surface area contributed by atoms with Crippen LogP contribution in [0.25, 0.3) is 0 Å². The highest BCUT2D eigenvalue weighted by Crippen LogP contribution is 2.22. The Bertz CT molecular complexity index is 821. The topological polar surface area (TPSA) is 114 Å². The number of amides is 1. The summed E-state index contributed by atoms with van der Waals surface area (Å²) in [5, 5.41) is 5.33. The fourth-order valence-corrected chi connectivity index (χ4v) is 4.41. The molecule has 1 aliphatic rings. The second-order valence-electron chi connectivity index (χ2n) is 6.35. The number of esters is 1. The molecule has 0 unspecified atom stereocenters. The minimum atomic E-state index is -3.48. The summed E-state index contributed by atoms with van der Waals surface area (Å²) in [7, 11) is -1.98. The highest BCUT2D eigenvalue weighted by molar-refractivity contribution is 7.89. The van der Waals surface area contributed by atoms with Crippen LogP contribution in [0.3, 0.4) is 0 Å². The third kappa shape index (κ3) is 7.35.